The lowest BCUT2D eigenvalue weighted by Crippen LogP contribution is -2.52. The molecule has 0 aliphatic heterocycles. The van der Waals surface area contributed by atoms with Crippen LogP contribution in [-0.2, 0) is 4.79 Å². The number of anilines is 1. The lowest BCUT2D eigenvalue weighted by molar-refractivity contribution is -0.139. The fourth-order valence-corrected chi connectivity index (χ4v) is 3.35. The molecule has 0 spiro atoms. The topological polar surface area (TPSA) is 76.4 Å². The fourth-order valence-electron chi connectivity index (χ4n) is 3.12. The maximum absolute atomic E-state index is 11.0. The average Bonchev–Trinajstić information content (AvgIpc) is 3.26. The number of nitriles is 1. The smallest absolute Gasteiger partial charge is 0.317 e. The van der Waals surface area contributed by atoms with Gasteiger partial charge in [0.2, 0.25) is 0 Å². The number of benzene rings is 1. The predicted molar refractivity (Wildman–Crippen MR) is 88.5 cm³/mol. The van der Waals surface area contributed by atoms with E-state index in [2.05, 4.69) is 16.3 Å². The van der Waals surface area contributed by atoms with Crippen LogP contribution in [0, 0.1) is 17.2 Å². The normalized spacial score (nSPS) is 23.2. The number of para-hydroxylation sites is 1. The summed E-state index contributed by atoms with van der Waals surface area (Å²) >= 11 is 6.18. The molecule has 122 valence electrons. The van der Waals surface area contributed by atoms with Gasteiger partial charge in [0.1, 0.15) is 6.07 Å². The molecule has 5 nitrogen and oxygen atoms in total. The first-order valence-corrected chi connectivity index (χ1v) is 8.35. The second-order valence-electron chi connectivity index (χ2n) is 6.51. The van der Waals surface area contributed by atoms with Gasteiger partial charge in [0.15, 0.2) is 0 Å². The van der Waals surface area contributed by atoms with Crippen LogP contribution in [0.3, 0.4) is 0 Å². The van der Waals surface area contributed by atoms with E-state index in [0.717, 1.165) is 19.4 Å². The highest BCUT2D eigenvalue weighted by atomic mass is 35.5. The van der Waals surface area contributed by atoms with Crippen LogP contribution in [0.1, 0.15) is 31.2 Å². The molecule has 1 aromatic rings. The monoisotopic (exact) mass is 333 g/mol. The van der Waals surface area contributed by atoms with Crippen molar-refractivity contribution in [2.24, 2.45) is 5.92 Å². The van der Waals surface area contributed by atoms with Crippen molar-refractivity contribution in [1.82, 2.24) is 4.90 Å². The van der Waals surface area contributed by atoms with Crippen LogP contribution in [-0.4, -0.2) is 41.1 Å². The van der Waals surface area contributed by atoms with E-state index >= 15 is 0 Å². The van der Waals surface area contributed by atoms with Crippen molar-refractivity contribution in [2.75, 3.05) is 18.4 Å². The molecular formula is C17H20ClN3O2. The van der Waals surface area contributed by atoms with Gasteiger partial charge in [-0.05, 0) is 43.7 Å². The third-order valence-electron chi connectivity index (χ3n) is 4.64. The van der Waals surface area contributed by atoms with Crippen LogP contribution in [0.2, 0.25) is 5.02 Å². The zero-order chi connectivity index (χ0) is 16.4. The van der Waals surface area contributed by atoms with Crippen molar-refractivity contribution < 1.29 is 9.90 Å². The standard InChI is InChI=1S/C17H20ClN3O2/c18-15-3-1-2-12(8-19)17(15)20-13-6-14(7-13)21(10-16(22)23)9-11-4-5-11/h1-3,11,13-14,20H,4-7,9-10H2,(H,22,23). The molecule has 2 fully saturated rings. The summed E-state index contributed by atoms with van der Waals surface area (Å²) in [5.41, 5.74) is 1.23. The molecule has 0 atom stereocenters. The molecule has 6 heteroatoms. The second kappa shape index (κ2) is 6.77. The molecule has 0 unspecified atom stereocenters. The Labute approximate surface area is 140 Å². The van der Waals surface area contributed by atoms with E-state index in [-0.39, 0.29) is 12.6 Å². The van der Waals surface area contributed by atoms with E-state index in [1.54, 1.807) is 18.2 Å². The Morgan fingerprint density at radius 2 is 2.17 bits per heavy atom. The first kappa shape index (κ1) is 16.1. The maximum Gasteiger partial charge on any atom is 0.317 e. The molecule has 0 bridgehead atoms. The van der Waals surface area contributed by atoms with Gasteiger partial charge in [-0.25, -0.2) is 0 Å². The Kier molecular flexibility index (Phi) is 4.74. The quantitative estimate of drug-likeness (QED) is 0.802. The number of halogens is 1. The van der Waals surface area contributed by atoms with Gasteiger partial charge in [0.05, 0.1) is 22.8 Å². The summed E-state index contributed by atoms with van der Waals surface area (Å²) in [6.45, 7) is 1.00. The van der Waals surface area contributed by atoms with Crippen molar-refractivity contribution >= 4 is 23.3 Å². The molecule has 2 N–H and O–H groups in total. The molecule has 2 aliphatic rings. The summed E-state index contributed by atoms with van der Waals surface area (Å²) in [4.78, 5) is 13.1. The highest BCUT2D eigenvalue weighted by Crippen LogP contribution is 2.36. The summed E-state index contributed by atoms with van der Waals surface area (Å²) < 4.78 is 0. The number of nitrogens with one attached hydrogen (secondary N) is 1. The fraction of sp³-hybridized carbons (Fsp3) is 0.529. The first-order valence-electron chi connectivity index (χ1n) is 7.97. The Balaban J connectivity index is 1.57. The molecule has 0 saturated heterocycles. The number of hydrogen-bond donors (Lipinski definition) is 2. The third-order valence-corrected chi connectivity index (χ3v) is 4.96. The summed E-state index contributed by atoms with van der Waals surface area (Å²) in [6, 6.07) is 7.97. The SMILES string of the molecule is N#Cc1cccc(Cl)c1NC1CC(N(CC(=O)O)CC2CC2)C1. The molecule has 0 radical (unpaired) electrons. The number of carboxylic acids is 1. The predicted octanol–water partition coefficient (Wildman–Crippen LogP) is 2.95. The van der Waals surface area contributed by atoms with Crippen molar-refractivity contribution in [1.29, 1.82) is 5.26 Å². The van der Waals surface area contributed by atoms with Crippen molar-refractivity contribution in [3.63, 3.8) is 0 Å². The molecule has 2 aliphatic carbocycles. The number of rotatable bonds is 7. The Morgan fingerprint density at radius 3 is 2.78 bits per heavy atom. The van der Waals surface area contributed by atoms with Crippen molar-refractivity contribution in [3.8, 4) is 6.07 Å². The Bertz CT molecular complexity index is 633. The van der Waals surface area contributed by atoms with Gasteiger partial charge in [-0.1, -0.05) is 17.7 Å². The van der Waals surface area contributed by atoms with Crippen LogP contribution in [0.5, 0.6) is 0 Å². The van der Waals surface area contributed by atoms with Crippen LogP contribution in [0.15, 0.2) is 18.2 Å². The van der Waals surface area contributed by atoms with E-state index in [1.165, 1.54) is 12.8 Å². The van der Waals surface area contributed by atoms with Gasteiger partial charge in [0.25, 0.3) is 0 Å². The zero-order valence-electron chi connectivity index (χ0n) is 12.8. The number of nitrogens with zero attached hydrogens (tertiary/aromatic N) is 2. The summed E-state index contributed by atoms with van der Waals surface area (Å²) in [6.07, 6.45) is 4.21. The van der Waals surface area contributed by atoms with Gasteiger partial charge in [-0.2, -0.15) is 5.26 Å². The number of hydrogen-bond acceptors (Lipinski definition) is 4. The number of aliphatic carboxylic acids is 1. The summed E-state index contributed by atoms with van der Waals surface area (Å²) in [5.74, 6) is -0.0879. The minimum absolute atomic E-state index is 0.115. The number of carboxylic acid groups (broad SMARTS) is 1. The van der Waals surface area contributed by atoms with E-state index in [0.29, 0.717) is 28.2 Å². The third kappa shape index (κ3) is 3.95. The summed E-state index contributed by atoms with van der Waals surface area (Å²) in [5, 5.41) is 22.1. The minimum Gasteiger partial charge on any atom is -0.480 e. The van der Waals surface area contributed by atoms with Gasteiger partial charge in [-0.3, -0.25) is 9.69 Å². The van der Waals surface area contributed by atoms with Gasteiger partial charge in [0, 0.05) is 18.6 Å². The van der Waals surface area contributed by atoms with Gasteiger partial charge < -0.3 is 10.4 Å². The Morgan fingerprint density at radius 1 is 1.43 bits per heavy atom. The highest BCUT2D eigenvalue weighted by Gasteiger charge is 2.37. The lowest BCUT2D eigenvalue weighted by Gasteiger charge is -2.43. The molecule has 0 amide bonds. The summed E-state index contributed by atoms with van der Waals surface area (Å²) in [7, 11) is 0. The minimum atomic E-state index is -0.764. The molecule has 1 aromatic carbocycles. The highest BCUT2D eigenvalue weighted by molar-refractivity contribution is 6.33. The second-order valence-corrected chi connectivity index (χ2v) is 6.91. The molecule has 2 saturated carbocycles. The van der Waals surface area contributed by atoms with E-state index < -0.39 is 5.97 Å². The number of carbonyl (C=O) groups is 1. The Hall–Kier alpha value is -1.77. The van der Waals surface area contributed by atoms with Crippen molar-refractivity contribution in [3.05, 3.63) is 28.8 Å². The van der Waals surface area contributed by atoms with E-state index in [9.17, 15) is 4.79 Å². The zero-order valence-corrected chi connectivity index (χ0v) is 13.6. The molecule has 0 heterocycles. The lowest BCUT2D eigenvalue weighted by atomic mass is 9.84. The maximum atomic E-state index is 11.0. The molecule has 0 aromatic heterocycles. The molecule has 23 heavy (non-hydrogen) atoms. The van der Waals surface area contributed by atoms with E-state index in [4.69, 9.17) is 22.0 Å². The van der Waals surface area contributed by atoms with Crippen LogP contribution in [0.4, 0.5) is 5.69 Å². The van der Waals surface area contributed by atoms with Crippen LogP contribution in [0.25, 0.3) is 0 Å². The largest absolute Gasteiger partial charge is 0.480 e. The molecule has 3 rings (SSSR count). The first-order chi connectivity index (χ1) is 11.1. The van der Waals surface area contributed by atoms with Gasteiger partial charge >= 0.3 is 5.97 Å². The van der Waals surface area contributed by atoms with Gasteiger partial charge in [-0.15, -0.1) is 0 Å². The molecular weight excluding hydrogens is 314 g/mol. The van der Waals surface area contributed by atoms with E-state index in [1.807, 2.05) is 0 Å². The van der Waals surface area contributed by atoms with Crippen LogP contribution >= 0.6 is 11.6 Å². The average molecular weight is 334 g/mol. The van der Waals surface area contributed by atoms with Crippen LogP contribution < -0.4 is 5.32 Å². The van der Waals surface area contributed by atoms with Crippen molar-refractivity contribution in [2.45, 2.75) is 37.8 Å².